The highest BCUT2D eigenvalue weighted by molar-refractivity contribution is 7.11. The van der Waals surface area contributed by atoms with Gasteiger partial charge in [-0.05, 0) is 20.8 Å². The lowest BCUT2D eigenvalue weighted by Gasteiger charge is -2.24. The number of H-pyrrole nitrogens is 1. The first kappa shape index (κ1) is 16.2. The highest BCUT2D eigenvalue weighted by atomic mass is 32.1. The summed E-state index contributed by atoms with van der Waals surface area (Å²) in [5.41, 5.74) is 0.783. The summed E-state index contributed by atoms with van der Waals surface area (Å²) in [4.78, 5) is 34.2. The van der Waals surface area contributed by atoms with E-state index < -0.39 is 0 Å². The highest BCUT2D eigenvalue weighted by Crippen LogP contribution is 2.26. The second-order valence-corrected chi connectivity index (χ2v) is 6.45. The molecule has 0 aromatic carbocycles. The Hall–Kier alpha value is -2.15. The van der Waals surface area contributed by atoms with Crippen LogP contribution in [-0.4, -0.2) is 34.9 Å². The predicted molar refractivity (Wildman–Crippen MR) is 85.7 cm³/mol. The van der Waals surface area contributed by atoms with Crippen molar-refractivity contribution in [3.63, 3.8) is 0 Å². The maximum atomic E-state index is 12.5. The van der Waals surface area contributed by atoms with E-state index in [1.807, 2.05) is 20.8 Å². The molecule has 2 aromatic rings. The number of aromatic amines is 1. The van der Waals surface area contributed by atoms with Gasteiger partial charge < -0.3 is 14.6 Å². The molecule has 1 atom stereocenters. The van der Waals surface area contributed by atoms with Crippen molar-refractivity contribution in [2.24, 2.45) is 0 Å². The molecule has 2 heterocycles. The topological polar surface area (TPSA) is 75.3 Å². The normalized spacial score (nSPS) is 12.0. The van der Waals surface area contributed by atoms with Gasteiger partial charge in [-0.15, -0.1) is 11.3 Å². The summed E-state index contributed by atoms with van der Waals surface area (Å²) in [6.45, 7) is 5.85. The Morgan fingerprint density at radius 3 is 2.64 bits per heavy atom. The van der Waals surface area contributed by atoms with Crippen LogP contribution in [0.15, 0.2) is 17.1 Å². The van der Waals surface area contributed by atoms with E-state index in [4.69, 9.17) is 4.74 Å². The average molecular weight is 321 g/mol. The van der Waals surface area contributed by atoms with Gasteiger partial charge in [0.15, 0.2) is 5.75 Å². The van der Waals surface area contributed by atoms with Crippen molar-refractivity contribution in [3.8, 4) is 5.75 Å². The molecule has 0 saturated heterocycles. The van der Waals surface area contributed by atoms with E-state index in [2.05, 4.69) is 9.97 Å². The maximum absolute atomic E-state index is 12.5. The van der Waals surface area contributed by atoms with Crippen LogP contribution in [-0.2, 0) is 0 Å². The molecule has 2 aromatic heterocycles. The Balaban J connectivity index is 2.27. The molecular formula is C15H19N3O3S. The molecule has 0 spiro atoms. The van der Waals surface area contributed by atoms with Crippen molar-refractivity contribution in [1.82, 2.24) is 14.9 Å². The molecule has 0 aliphatic carbocycles. The SMILES string of the molecule is COc1c[nH]c(C(=O)N(C)C(C)c2nc(C)sc2C)cc1=O. The molecule has 118 valence electrons. The molecule has 0 bridgehead atoms. The first-order valence-electron chi connectivity index (χ1n) is 6.83. The fourth-order valence-electron chi connectivity index (χ4n) is 2.22. The van der Waals surface area contributed by atoms with Crippen molar-refractivity contribution in [3.05, 3.63) is 43.8 Å². The number of hydrogen-bond acceptors (Lipinski definition) is 5. The molecule has 0 aliphatic heterocycles. The van der Waals surface area contributed by atoms with E-state index >= 15 is 0 Å². The number of nitrogens with one attached hydrogen (secondary N) is 1. The molecule has 1 unspecified atom stereocenters. The Bertz CT molecular complexity index is 751. The van der Waals surface area contributed by atoms with Gasteiger partial charge in [-0.3, -0.25) is 9.59 Å². The van der Waals surface area contributed by atoms with Gasteiger partial charge in [-0.25, -0.2) is 4.98 Å². The van der Waals surface area contributed by atoms with E-state index in [-0.39, 0.29) is 28.8 Å². The van der Waals surface area contributed by atoms with E-state index in [9.17, 15) is 9.59 Å². The van der Waals surface area contributed by atoms with Crippen molar-refractivity contribution < 1.29 is 9.53 Å². The molecule has 0 radical (unpaired) electrons. The number of methoxy groups -OCH3 is 1. The van der Waals surface area contributed by atoms with Crippen LogP contribution < -0.4 is 10.2 Å². The van der Waals surface area contributed by atoms with Gasteiger partial charge in [-0.1, -0.05) is 0 Å². The summed E-state index contributed by atoms with van der Waals surface area (Å²) in [6, 6.07) is 1.08. The fourth-order valence-corrected chi connectivity index (χ4v) is 3.13. The molecular weight excluding hydrogens is 302 g/mol. The monoisotopic (exact) mass is 321 g/mol. The lowest BCUT2D eigenvalue weighted by Crippen LogP contribution is -2.31. The highest BCUT2D eigenvalue weighted by Gasteiger charge is 2.23. The first-order chi connectivity index (χ1) is 10.3. The first-order valence-corrected chi connectivity index (χ1v) is 7.64. The average Bonchev–Trinajstić information content (AvgIpc) is 2.83. The number of thiazole rings is 1. The number of amides is 1. The Labute approximate surface area is 132 Å². The van der Waals surface area contributed by atoms with Crippen LogP contribution in [0.5, 0.6) is 5.75 Å². The molecule has 0 saturated carbocycles. The zero-order valence-corrected chi connectivity index (χ0v) is 14.1. The van der Waals surface area contributed by atoms with Gasteiger partial charge in [0.1, 0.15) is 5.69 Å². The van der Waals surface area contributed by atoms with E-state index in [1.54, 1.807) is 23.3 Å². The maximum Gasteiger partial charge on any atom is 0.270 e. The number of aryl methyl sites for hydroxylation is 2. The fraction of sp³-hybridized carbons (Fsp3) is 0.400. The van der Waals surface area contributed by atoms with Crippen molar-refractivity contribution in [2.45, 2.75) is 26.8 Å². The number of ether oxygens (including phenoxy) is 1. The van der Waals surface area contributed by atoms with Gasteiger partial charge in [0, 0.05) is 24.2 Å². The molecule has 0 fully saturated rings. The lowest BCUT2D eigenvalue weighted by atomic mass is 10.2. The van der Waals surface area contributed by atoms with E-state index in [1.165, 1.54) is 19.4 Å². The largest absolute Gasteiger partial charge is 0.491 e. The van der Waals surface area contributed by atoms with Crippen LogP contribution in [0.3, 0.4) is 0 Å². The second-order valence-electron chi connectivity index (χ2n) is 5.05. The van der Waals surface area contributed by atoms with Crippen molar-refractivity contribution in [1.29, 1.82) is 0 Å². The standard InChI is InChI=1S/C15H19N3O3S/c1-8(14-9(2)22-10(3)17-14)18(4)15(20)11-6-12(19)13(21-5)7-16-11/h6-8H,1-5H3,(H,16,19). The number of nitrogens with zero attached hydrogens (tertiary/aromatic N) is 2. The minimum Gasteiger partial charge on any atom is -0.491 e. The van der Waals surface area contributed by atoms with Gasteiger partial charge in [0.25, 0.3) is 5.91 Å². The summed E-state index contributed by atoms with van der Waals surface area (Å²) >= 11 is 1.61. The third-order valence-corrected chi connectivity index (χ3v) is 4.47. The van der Waals surface area contributed by atoms with Crippen molar-refractivity contribution >= 4 is 17.2 Å². The summed E-state index contributed by atoms with van der Waals surface area (Å²) in [7, 11) is 3.11. The Kier molecular flexibility index (Phi) is 4.65. The van der Waals surface area contributed by atoms with Gasteiger partial charge in [0.05, 0.1) is 23.9 Å². The van der Waals surface area contributed by atoms with Gasteiger partial charge in [-0.2, -0.15) is 0 Å². The van der Waals surface area contributed by atoms with Gasteiger partial charge >= 0.3 is 0 Å². The zero-order valence-electron chi connectivity index (χ0n) is 13.3. The predicted octanol–water partition coefficient (Wildman–Crippen LogP) is 2.29. The smallest absolute Gasteiger partial charge is 0.270 e. The van der Waals surface area contributed by atoms with Crippen LogP contribution in [0, 0.1) is 13.8 Å². The van der Waals surface area contributed by atoms with Crippen molar-refractivity contribution in [2.75, 3.05) is 14.2 Å². The Morgan fingerprint density at radius 1 is 1.45 bits per heavy atom. The minimum atomic E-state index is -0.327. The molecule has 2 rings (SSSR count). The molecule has 22 heavy (non-hydrogen) atoms. The van der Waals surface area contributed by atoms with Crippen LogP contribution >= 0.6 is 11.3 Å². The summed E-state index contributed by atoms with van der Waals surface area (Å²) in [5, 5.41) is 0.970. The number of hydrogen-bond donors (Lipinski definition) is 1. The summed E-state index contributed by atoms with van der Waals surface area (Å²) < 4.78 is 4.90. The zero-order chi connectivity index (χ0) is 16.4. The second kappa shape index (κ2) is 6.31. The number of aromatic nitrogens is 2. The van der Waals surface area contributed by atoms with Crippen LogP contribution in [0.1, 0.15) is 39.0 Å². The minimum absolute atomic E-state index is 0.178. The van der Waals surface area contributed by atoms with E-state index in [0.29, 0.717) is 0 Å². The van der Waals surface area contributed by atoms with E-state index in [0.717, 1.165) is 15.6 Å². The van der Waals surface area contributed by atoms with Gasteiger partial charge in [0.2, 0.25) is 5.43 Å². The third-order valence-electron chi connectivity index (χ3n) is 3.56. The lowest BCUT2D eigenvalue weighted by molar-refractivity contribution is 0.0733. The molecule has 0 aliphatic rings. The molecule has 1 N–H and O–H groups in total. The Morgan fingerprint density at radius 2 is 2.14 bits per heavy atom. The number of carbonyl (C=O) groups excluding carboxylic acids is 1. The van der Waals surface area contributed by atoms with Crippen LogP contribution in [0.2, 0.25) is 0 Å². The number of rotatable bonds is 4. The number of pyridine rings is 1. The molecule has 6 nitrogen and oxygen atoms in total. The number of carbonyl (C=O) groups is 1. The summed E-state index contributed by atoms with van der Waals surface area (Å²) in [6.07, 6.45) is 1.40. The molecule has 1 amide bonds. The third kappa shape index (κ3) is 3.04. The quantitative estimate of drug-likeness (QED) is 0.937. The summed E-state index contributed by atoms with van der Waals surface area (Å²) in [5.74, 6) is -0.0875. The van der Waals surface area contributed by atoms with Crippen LogP contribution in [0.25, 0.3) is 0 Å². The molecule has 7 heteroatoms. The van der Waals surface area contributed by atoms with Crippen LogP contribution in [0.4, 0.5) is 0 Å².